The van der Waals surface area contributed by atoms with Crippen molar-refractivity contribution in [2.45, 2.75) is 13.0 Å². The van der Waals surface area contributed by atoms with Gasteiger partial charge in [-0.05, 0) is 30.5 Å². The lowest BCUT2D eigenvalue weighted by molar-refractivity contribution is -0.133. The second-order valence-electron chi connectivity index (χ2n) is 4.59. The maximum atomic E-state index is 12.2. The van der Waals surface area contributed by atoms with Crippen LogP contribution in [0.1, 0.15) is 23.4 Å². The van der Waals surface area contributed by atoms with E-state index in [-0.39, 0.29) is 18.6 Å². The smallest absolute Gasteiger partial charge is 0.260 e. The van der Waals surface area contributed by atoms with Crippen LogP contribution >= 0.6 is 11.3 Å². The highest BCUT2D eigenvalue weighted by molar-refractivity contribution is 7.10. The van der Waals surface area contributed by atoms with E-state index in [2.05, 4.69) is 0 Å². The van der Waals surface area contributed by atoms with Gasteiger partial charge >= 0.3 is 0 Å². The van der Waals surface area contributed by atoms with Gasteiger partial charge < -0.3 is 9.64 Å². The number of hydrogen-bond acceptors (Lipinski definition) is 4. The van der Waals surface area contributed by atoms with Gasteiger partial charge in [0.15, 0.2) is 6.61 Å². The fraction of sp³-hybridized carbons (Fsp3) is 0.250. The minimum atomic E-state index is -0.122. The Labute approximate surface area is 128 Å². The van der Waals surface area contributed by atoms with Crippen LogP contribution < -0.4 is 4.74 Å². The third-order valence-electron chi connectivity index (χ3n) is 3.29. The maximum Gasteiger partial charge on any atom is 0.260 e. The first-order chi connectivity index (χ1) is 10.1. The Balaban J connectivity index is 1.97. The second kappa shape index (κ2) is 6.91. The molecular formula is C16H16N2O2S. The molecule has 5 heteroatoms. The Hall–Kier alpha value is -2.32. The number of nitriles is 1. The summed E-state index contributed by atoms with van der Waals surface area (Å²) >= 11 is 1.62. The molecule has 1 amide bonds. The highest BCUT2D eigenvalue weighted by Gasteiger charge is 2.18. The molecule has 4 nitrogen and oxygen atoms in total. The minimum absolute atomic E-state index is 0.00677. The lowest BCUT2D eigenvalue weighted by Gasteiger charge is -2.24. The molecule has 1 aromatic carbocycles. The number of para-hydroxylation sites is 1. The van der Waals surface area contributed by atoms with Gasteiger partial charge in [-0.3, -0.25) is 4.79 Å². The lowest BCUT2D eigenvalue weighted by atomic mass is 10.2. The third-order valence-corrected chi connectivity index (χ3v) is 4.33. The number of rotatable bonds is 5. The summed E-state index contributed by atoms with van der Waals surface area (Å²) in [6.07, 6.45) is 0. The molecule has 0 saturated carbocycles. The molecule has 0 bridgehead atoms. The Morgan fingerprint density at radius 3 is 2.81 bits per heavy atom. The van der Waals surface area contributed by atoms with Crippen LogP contribution in [0.5, 0.6) is 5.75 Å². The van der Waals surface area contributed by atoms with Crippen molar-refractivity contribution >= 4 is 17.2 Å². The van der Waals surface area contributed by atoms with E-state index >= 15 is 0 Å². The summed E-state index contributed by atoms with van der Waals surface area (Å²) in [4.78, 5) is 15.0. The van der Waals surface area contributed by atoms with Crippen LogP contribution in [0.3, 0.4) is 0 Å². The van der Waals surface area contributed by atoms with E-state index in [1.54, 1.807) is 47.5 Å². The van der Waals surface area contributed by atoms with Crippen molar-refractivity contribution in [3.05, 3.63) is 52.2 Å². The number of benzene rings is 1. The summed E-state index contributed by atoms with van der Waals surface area (Å²) in [6.45, 7) is 1.90. The summed E-state index contributed by atoms with van der Waals surface area (Å²) in [6, 6.07) is 12.9. The van der Waals surface area contributed by atoms with Crippen LogP contribution in [-0.2, 0) is 4.79 Å². The van der Waals surface area contributed by atoms with Gasteiger partial charge in [-0.1, -0.05) is 18.2 Å². The van der Waals surface area contributed by atoms with E-state index in [0.717, 1.165) is 4.88 Å². The van der Waals surface area contributed by atoms with E-state index in [1.807, 2.05) is 30.5 Å². The lowest BCUT2D eigenvalue weighted by Crippen LogP contribution is -2.33. The van der Waals surface area contributed by atoms with E-state index in [1.165, 1.54) is 0 Å². The van der Waals surface area contributed by atoms with Crippen LogP contribution in [0.25, 0.3) is 0 Å². The molecule has 0 radical (unpaired) electrons. The molecule has 1 aromatic heterocycles. The monoisotopic (exact) mass is 300 g/mol. The van der Waals surface area contributed by atoms with Crippen molar-refractivity contribution in [1.82, 2.24) is 4.90 Å². The molecule has 1 atom stereocenters. The average Bonchev–Trinajstić information content (AvgIpc) is 3.05. The van der Waals surface area contributed by atoms with Crippen molar-refractivity contribution in [2.24, 2.45) is 0 Å². The molecule has 0 spiro atoms. The number of likely N-dealkylation sites (N-methyl/N-ethyl adjacent to an activating group) is 1. The van der Waals surface area contributed by atoms with Crippen molar-refractivity contribution in [3.8, 4) is 11.8 Å². The molecule has 0 fully saturated rings. The highest BCUT2D eigenvalue weighted by atomic mass is 32.1. The van der Waals surface area contributed by atoms with Crippen LogP contribution in [0.2, 0.25) is 0 Å². The SMILES string of the molecule is CC(c1cccs1)N(C)C(=O)COc1ccccc1C#N. The van der Waals surface area contributed by atoms with Crippen molar-refractivity contribution in [2.75, 3.05) is 13.7 Å². The molecule has 0 N–H and O–H groups in total. The van der Waals surface area contributed by atoms with Gasteiger partial charge in [-0.2, -0.15) is 5.26 Å². The summed E-state index contributed by atoms with van der Waals surface area (Å²) in [7, 11) is 1.76. The quantitative estimate of drug-likeness (QED) is 0.852. The summed E-state index contributed by atoms with van der Waals surface area (Å²) in [5, 5.41) is 11.0. The fourth-order valence-corrected chi connectivity index (χ4v) is 2.69. The van der Waals surface area contributed by atoms with Gasteiger partial charge in [0.2, 0.25) is 0 Å². The van der Waals surface area contributed by atoms with Gasteiger partial charge in [-0.15, -0.1) is 11.3 Å². The Morgan fingerprint density at radius 2 is 2.14 bits per heavy atom. The van der Waals surface area contributed by atoms with Crippen LogP contribution in [-0.4, -0.2) is 24.5 Å². The molecule has 1 heterocycles. The van der Waals surface area contributed by atoms with Crippen molar-refractivity contribution in [3.63, 3.8) is 0 Å². The zero-order valence-electron chi connectivity index (χ0n) is 11.9. The molecule has 0 aliphatic carbocycles. The van der Waals surface area contributed by atoms with Gasteiger partial charge in [0.1, 0.15) is 11.8 Å². The van der Waals surface area contributed by atoms with Crippen LogP contribution in [0.15, 0.2) is 41.8 Å². The molecule has 21 heavy (non-hydrogen) atoms. The maximum absolute atomic E-state index is 12.2. The molecule has 0 aliphatic heterocycles. The van der Waals surface area contributed by atoms with E-state index < -0.39 is 0 Å². The topological polar surface area (TPSA) is 53.3 Å². The number of ether oxygens (including phenoxy) is 1. The van der Waals surface area contributed by atoms with Gasteiger partial charge in [0.05, 0.1) is 11.6 Å². The van der Waals surface area contributed by atoms with Gasteiger partial charge in [0, 0.05) is 11.9 Å². The standard InChI is InChI=1S/C16H16N2O2S/c1-12(15-8-5-9-21-15)18(2)16(19)11-20-14-7-4-3-6-13(14)10-17/h3-9,12H,11H2,1-2H3. The predicted molar refractivity (Wildman–Crippen MR) is 82.2 cm³/mol. The van der Waals surface area contributed by atoms with Crippen LogP contribution in [0.4, 0.5) is 0 Å². The normalized spacial score (nSPS) is 11.5. The summed E-state index contributed by atoms with van der Waals surface area (Å²) in [5.41, 5.74) is 0.430. The molecule has 0 aliphatic rings. The molecule has 2 rings (SSSR count). The second-order valence-corrected chi connectivity index (χ2v) is 5.57. The zero-order chi connectivity index (χ0) is 15.2. The molecule has 108 valence electrons. The number of carbonyl (C=O) groups is 1. The number of thiophene rings is 1. The Kier molecular flexibility index (Phi) is 4.96. The Morgan fingerprint density at radius 1 is 1.38 bits per heavy atom. The Bertz CT molecular complexity index is 647. The van der Waals surface area contributed by atoms with Gasteiger partial charge in [0.25, 0.3) is 5.91 Å². The largest absolute Gasteiger partial charge is 0.482 e. The van der Waals surface area contributed by atoms with E-state index in [4.69, 9.17) is 10.00 Å². The first-order valence-electron chi connectivity index (χ1n) is 6.54. The number of carbonyl (C=O) groups excluding carboxylic acids is 1. The zero-order valence-corrected chi connectivity index (χ0v) is 12.8. The molecule has 0 saturated heterocycles. The third kappa shape index (κ3) is 3.61. The summed E-state index contributed by atoms with van der Waals surface area (Å²) in [5.74, 6) is 0.314. The molecule has 1 unspecified atom stereocenters. The molecule has 2 aromatic rings. The van der Waals surface area contributed by atoms with E-state index in [9.17, 15) is 4.79 Å². The van der Waals surface area contributed by atoms with Crippen molar-refractivity contribution in [1.29, 1.82) is 5.26 Å². The van der Waals surface area contributed by atoms with Gasteiger partial charge in [-0.25, -0.2) is 0 Å². The first kappa shape index (κ1) is 15.1. The number of nitrogens with zero attached hydrogens (tertiary/aromatic N) is 2. The number of amides is 1. The first-order valence-corrected chi connectivity index (χ1v) is 7.42. The summed E-state index contributed by atoms with van der Waals surface area (Å²) < 4.78 is 5.47. The molecular weight excluding hydrogens is 284 g/mol. The fourth-order valence-electron chi connectivity index (χ4n) is 1.86. The highest BCUT2D eigenvalue weighted by Crippen LogP contribution is 2.23. The minimum Gasteiger partial charge on any atom is -0.482 e. The van der Waals surface area contributed by atoms with E-state index in [0.29, 0.717) is 11.3 Å². The predicted octanol–water partition coefficient (Wildman–Crippen LogP) is 3.22. The van der Waals surface area contributed by atoms with Crippen LogP contribution in [0, 0.1) is 11.3 Å². The average molecular weight is 300 g/mol. The van der Waals surface area contributed by atoms with Crippen molar-refractivity contribution < 1.29 is 9.53 Å². The number of hydrogen-bond donors (Lipinski definition) is 0.